The lowest BCUT2D eigenvalue weighted by molar-refractivity contribution is -0.121. The van der Waals surface area contributed by atoms with E-state index in [0.717, 1.165) is 29.3 Å². The molecular weight excluding hydrogens is 323 g/mol. The number of carbonyl (C=O) groups is 1. The van der Waals surface area contributed by atoms with E-state index < -0.39 is 0 Å². The second kappa shape index (κ2) is 9.08. The number of carbonyl (C=O) groups excluding carboxylic acids is 1. The molecule has 5 heteroatoms. The average molecular weight is 345 g/mol. The molecule has 0 aliphatic heterocycles. The quantitative estimate of drug-likeness (QED) is 0.759. The molecule has 3 N–H and O–H groups in total. The third-order valence-electron chi connectivity index (χ3n) is 3.42. The summed E-state index contributed by atoms with van der Waals surface area (Å²) in [6.45, 7) is 3.11. The summed E-state index contributed by atoms with van der Waals surface area (Å²) in [6.07, 6.45) is 3.34. The van der Waals surface area contributed by atoms with E-state index in [1.165, 1.54) is 12.1 Å². The fourth-order valence-corrected chi connectivity index (χ4v) is 2.47. The van der Waals surface area contributed by atoms with Crippen LogP contribution in [0.25, 0.3) is 0 Å². The zero-order valence-electron chi connectivity index (χ0n) is 11.8. The summed E-state index contributed by atoms with van der Waals surface area (Å²) in [4.78, 5) is 11.8. The number of hydrogen-bond donors (Lipinski definition) is 2. The number of amides is 1. The molecule has 0 aliphatic rings. The van der Waals surface area contributed by atoms with E-state index >= 15 is 0 Å². The third-order valence-corrected chi connectivity index (χ3v) is 4.19. The molecule has 0 radical (unpaired) electrons. The maximum absolute atomic E-state index is 13.1. The molecule has 0 spiro atoms. The smallest absolute Gasteiger partial charge is 0.220 e. The number of rotatable bonds is 8. The monoisotopic (exact) mass is 344 g/mol. The number of nitrogens with two attached hydrogens (primary N) is 1. The Bertz CT molecular complexity index is 440. The lowest BCUT2D eigenvalue weighted by atomic mass is 9.96. The second-order valence-electron chi connectivity index (χ2n) is 4.90. The van der Waals surface area contributed by atoms with Gasteiger partial charge < -0.3 is 11.1 Å². The van der Waals surface area contributed by atoms with Gasteiger partial charge in [0.15, 0.2) is 0 Å². The van der Waals surface area contributed by atoms with Gasteiger partial charge in [0.1, 0.15) is 5.82 Å². The highest BCUT2D eigenvalue weighted by atomic mass is 79.9. The zero-order chi connectivity index (χ0) is 15.0. The van der Waals surface area contributed by atoms with Crippen LogP contribution in [0.5, 0.6) is 0 Å². The Morgan fingerprint density at radius 3 is 2.85 bits per heavy atom. The first kappa shape index (κ1) is 17.1. The summed E-state index contributed by atoms with van der Waals surface area (Å²) in [7, 11) is 0. The molecule has 0 fully saturated rings. The minimum atomic E-state index is -0.300. The van der Waals surface area contributed by atoms with Crippen LogP contribution in [0.3, 0.4) is 0 Å². The molecule has 112 valence electrons. The molecule has 20 heavy (non-hydrogen) atoms. The van der Waals surface area contributed by atoms with Crippen molar-refractivity contribution in [2.75, 3.05) is 6.54 Å². The molecule has 0 saturated carbocycles. The van der Waals surface area contributed by atoms with E-state index in [1.54, 1.807) is 6.07 Å². The van der Waals surface area contributed by atoms with Gasteiger partial charge in [-0.25, -0.2) is 4.39 Å². The van der Waals surface area contributed by atoms with Crippen molar-refractivity contribution in [1.82, 2.24) is 5.32 Å². The van der Waals surface area contributed by atoms with Crippen molar-refractivity contribution in [3.8, 4) is 0 Å². The first-order valence-electron chi connectivity index (χ1n) is 6.97. The van der Waals surface area contributed by atoms with E-state index in [4.69, 9.17) is 5.73 Å². The minimum absolute atomic E-state index is 0.00312. The van der Waals surface area contributed by atoms with E-state index in [1.807, 2.05) is 0 Å². The third kappa shape index (κ3) is 6.01. The van der Waals surface area contributed by atoms with Crippen LogP contribution in [0.1, 0.15) is 38.2 Å². The van der Waals surface area contributed by atoms with Gasteiger partial charge in [-0.2, -0.15) is 0 Å². The molecule has 1 rings (SSSR count). The van der Waals surface area contributed by atoms with Crippen LogP contribution < -0.4 is 11.1 Å². The normalized spacial score (nSPS) is 12.2. The van der Waals surface area contributed by atoms with Crippen molar-refractivity contribution in [3.05, 3.63) is 34.1 Å². The highest BCUT2D eigenvalue weighted by molar-refractivity contribution is 9.10. The van der Waals surface area contributed by atoms with E-state index in [2.05, 4.69) is 28.2 Å². The van der Waals surface area contributed by atoms with Crippen molar-refractivity contribution in [2.24, 2.45) is 11.7 Å². The number of hydrogen-bond acceptors (Lipinski definition) is 2. The molecule has 0 saturated heterocycles. The van der Waals surface area contributed by atoms with Crippen LogP contribution in [-0.2, 0) is 11.3 Å². The number of benzene rings is 1. The molecular formula is C15H22BrFN2O. The number of halogens is 2. The topological polar surface area (TPSA) is 55.1 Å². The average Bonchev–Trinajstić information content (AvgIpc) is 2.44. The maximum Gasteiger partial charge on any atom is 0.220 e. The first-order chi connectivity index (χ1) is 9.56. The van der Waals surface area contributed by atoms with Gasteiger partial charge in [-0.1, -0.05) is 29.3 Å². The molecule has 0 bridgehead atoms. The molecule has 1 atom stereocenters. The first-order valence-corrected chi connectivity index (χ1v) is 7.76. The molecule has 1 amide bonds. The van der Waals surface area contributed by atoms with E-state index in [9.17, 15) is 9.18 Å². The van der Waals surface area contributed by atoms with Gasteiger partial charge >= 0.3 is 0 Å². The van der Waals surface area contributed by atoms with Crippen molar-refractivity contribution < 1.29 is 9.18 Å². The van der Waals surface area contributed by atoms with E-state index in [-0.39, 0.29) is 11.7 Å². The SMILES string of the molecule is CCC(CCN)CCC(=O)NCc1cc(F)ccc1Br. The minimum Gasteiger partial charge on any atom is -0.352 e. The van der Waals surface area contributed by atoms with Crippen LogP contribution in [0.2, 0.25) is 0 Å². The molecule has 1 unspecified atom stereocenters. The molecule has 0 aromatic heterocycles. The summed E-state index contributed by atoms with van der Waals surface area (Å²) in [5, 5.41) is 2.82. The van der Waals surface area contributed by atoms with Gasteiger partial charge in [-0.15, -0.1) is 0 Å². The van der Waals surface area contributed by atoms with Crippen molar-refractivity contribution in [3.63, 3.8) is 0 Å². The lowest BCUT2D eigenvalue weighted by Gasteiger charge is -2.13. The number of nitrogens with one attached hydrogen (secondary N) is 1. The van der Waals surface area contributed by atoms with Gasteiger partial charge in [0.2, 0.25) is 5.91 Å². The van der Waals surface area contributed by atoms with Gasteiger partial charge in [0, 0.05) is 17.4 Å². The fourth-order valence-electron chi connectivity index (χ4n) is 2.08. The summed E-state index contributed by atoms with van der Waals surface area (Å²) >= 11 is 3.34. The van der Waals surface area contributed by atoms with Crippen LogP contribution in [0.15, 0.2) is 22.7 Å². The lowest BCUT2D eigenvalue weighted by Crippen LogP contribution is -2.23. The highest BCUT2D eigenvalue weighted by Gasteiger charge is 2.09. The van der Waals surface area contributed by atoms with Crippen LogP contribution in [0.4, 0.5) is 4.39 Å². The summed E-state index contributed by atoms with van der Waals surface area (Å²) in [5.74, 6) is 0.203. The Hall–Kier alpha value is -0.940. The van der Waals surface area contributed by atoms with Gasteiger partial charge in [-0.05, 0) is 49.1 Å². The van der Waals surface area contributed by atoms with Crippen LogP contribution >= 0.6 is 15.9 Å². The Morgan fingerprint density at radius 1 is 1.45 bits per heavy atom. The molecule has 1 aromatic rings. The Kier molecular flexibility index (Phi) is 7.77. The van der Waals surface area contributed by atoms with Gasteiger partial charge in [0.05, 0.1) is 0 Å². The van der Waals surface area contributed by atoms with Crippen molar-refractivity contribution in [2.45, 2.75) is 39.2 Å². The van der Waals surface area contributed by atoms with Crippen molar-refractivity contribution in [1.29, 1.82) is 0 Å². The van der Waals surface area contributed by atoms with Crippen LogP contribution in [-0.4, -0.2) is 12.5 Å². The molecule has 3 nitrogen and oxygen atoms in total. The fraction of sp³-hybridized carbons (Fsp3) is 0.533. The summed E-state index contributed by atoms with van der Waals surface area (Å²) < 4.78 is 13.9. The summed E-state index contributed by atoms with van der Waals surface area (Å²) in [5.41, 5.74) is 6.28. The standard InChI is InChI=1S/C15H22BrFN2O/c1-2-11(7-8-18)3-6-15(20)19-10-12-9-13(17)4-5-14(12)16/h4-5,9,11H,2-3,6-8,10,18H2,1H3,(H,19,20). The van der Waals surface area contributed by atoms with Crippen molar-refractivity contribution >= 4 is 21.8 Å². The van der Waals surface area contributed by atoms with Crippen LogP contribution in [0, 0.1) is 11.7 Å². The predicted molar refractivity (Wildman–Crippen MR) is 82.6 cm³/mol. The van der Waals surface area contributed by atoms with Gasteiger partial charge in [-0.3, -0.25) is 4.79 Å². The summed E-state index contributed by atoms with van der Waals surface area (Å²) in [6, 6.07) is 4.45. The molecule has 0 aliphatic carbocycles. The molecule has 0 heterocycles. The van der Waals surface area contributed by atoms with Gasteiger partial charge in [0.25, 0.3) is 0 Å². The maximum atomic E-state index is 13.1. The second-order valence-corrected chi connectivity index (χ2v) is 5.76. The zero-order valence-corrected chi connectivity index (χ0v) is 13.4. The Morgan fingerprint density at radius 2 is 2.20 bits per heavy atom. The van der Waals surface area contributed by atoms with E-state index in [0.29, 0.717) is 25.4 Å². The molecule has 1 aromatic carbocycles. The largest absolute Gasteiger partial charge is 0.352 e. The Balaban J connectivity index is 2.37. The highest BCUT2D eigenvalue weighted by Crippen LogP contribution is 2.18. The Labute approximate surface area is 128 Å². The predicted octanol–water partition coefficient (Wildman–Crippen LogP) is 3.36.